The van der Waals surface area contributed by atoms with Gasteiger partial charge in [0.25, 0.3) is 0 Å². The zero-order chi connectivity index (χ0) is 19.7. The predicted octanol–water partition coefficient (Wildman–Crippen LogP) is 3.14. The number of thiocarbonyl (C=S) groups is 1. The van der Waals surface area contributed by atoms with E-state index in [1.807, 2.05) is 11.8 Å². The SMILES string of the molecule is COC(=O)C1=C(C)N(C2CC2)C(=S)NC1c1ccc(OC(F)F)c(OC)c1. The van der Waals surface area contributed by atoms with Crippen LogP contribution in [0.1, 0.15) is 31.4 Å². The Morgan fingerprint density at radius 3 is 2.56 bits per heavy atom. The summed E-state index contributed by atoms with van der Waals surface area (Å²) in [7, 11) is 2.67. The normalized spacial score (nSPS) is 19.9. The van der Waals surface area contributed by atoms with Gasteiger partial charge in [0, 0.05) is 11.7 Å². The minimum absolute atomic E-state index is 0.0884. The summed E-state index contributed by atoms with van der Waals surface area (Å²) in [6, 6.07) is 4.20. The molecular formula is C18H20F2N2O4S. The van der Waals surface area contributed by atoms with Crippen molar-refractivity contribution in [1.82, 2.24) is 10.2 Å². The minimum atomic E-state index is -2.97. The Kier molecular flexibility index (Phi) is 5.50. The van der Waals surface area contributed by atoms with E-state index >= 15 is 0 Å². The first-order valence-electron chi connectivity index (χ1n) is 8.39. The van der Waals surface area contributed by atoms with Crippen molar-refractivity contribution in [3.05, 3.63) is 35.0 Å². The lowest BCUT2D eigenvalue weighted by molar-refractivity contribution is -0.136. The number of nitrogens with zero attached hydrogens (tertiary/aromatic N) is 1. The topological polar surface area (TPSA) is 60.0 Å². The van der Waals surface area contributed by atoms with Crippen molar-refractivity contribution in [2.45, 2.75) is 38.5 Å². The zero-order valence-electron chi connectivity index (χ0n) is 15.1. The number of halogens is 2. The Bertz CT molecular complexity index is 796. The largest absolute Gasteiger partial charge is 0.493 e. The zero-order valence-corrected chi connectivity index (χ0v) is 15.9. The average Bonchev–Trinajstić information content (AvgIpc) is 3.45. The third-order valence-electron chi connectivity index (χ3n) is 4.58. The summed E-state index contributed by atoms with van der Waals surface area (Å²) in [6.07, 6.45) is 2.01. The quantitative estimate of drug-likeness (QED) is 0.584. The summed E-state index contributed by atoms with van der Waals surface area (Å²) in [5.41, 5.74) is 1.76. The highest BCUT2D eigenvalue weighted by Crippen LogP contribution is 2.40. The predicted molar refractivity (Wildman–Crippen MR) is 97.7 cm³/mol. The number of hydrogen-bond acceptors (Lipinski definition) is 5. The van der Waals surface area contributed by atoms with Gasteiger partial charge in [-0.25, -0.2) is 4.79 Å². The molecule has 1 saturated carbocycles. The first kappa shape index (κ1) is 19.3. The molecule has 2 aliphatic rings. The molecule has 1 N–H and O–H groups in total. The second kappa shape index (κ2) is 7.67. The van der Waals surface area contributed by atoms with Gasteiger partial charge in [-0.05, 0) is 49.7 Å². The average molecular weight is 398 g/mol. The van der Waals surface area contributed by atoms with Crippen molar-refractivity contribution >= 4 is 23.3 Å². The molecule has 1 aromatic carbocycles. The van der Waals surface area contributed by atoms with Crippen molar-refractivity contribution in [2.24, 2.45) is 0 Å². The number of methoxy groups -OCH3 is 2. The van der Waals surface area contributed by atoms with Gasteiger partial charge in [-0.15, -0.1) is 0 Å². The Labute approximate surface area is 161 Å². The van der Waals surface area contributed by atoms with Gasteiger partial charge in [-0.1, -0.05) is 6.07 Å². The van der Waals surface area contributed by atoms with Crippen LogP contribution in [-0.4, -0.2) is 42.9 Å². The summed E-state index contributed by atoms with van der Waals surface area (Å²) in [5, 5.41) is 3.68. The molecule has 0 spiro atoms. The number of alkyl halides is 2. The van der Waals surface area contributed by atoms with E-state index in [1.54, 1.807) is 12.1 Å². The van der Waals surface area contributed by atoms with Gasteiger partial charge in [0.2, 0.25) is 0 Å². The van der Waals surface area contributed by atoms with E-state index in [9.17, 15) is 13.6 Å². The molecule has 146 valence electrons. The first-order chi connectivity index (χ1) is 12.9. The lowest BCUT2D eigenvalue weighted by Gasteiger charge is -2.37. The summed E-state index contributed by atoms with van der Waals surface area (Å²) in [5.74, 6) is -0.438. The lowest BCUT2D eigenvalue weighted by Crippen LogP contribution is -2.48. The van der Waals surface area contributed by atoms with Crippen LogP contribution >= 0.6 is 12.2 Å². The van der Waals surface area contributed by atoms with E-state index in [1.165, 1.54) is 20.3 Å². The highest BCUT2D eigenvalue weighted by atomic mass is 32.1. The second-order valence-electron chi connectivity index (χ2n) is 6.26. The molecule has 1 aromatic rings. The van der Waals surface area contributed by atoms with Crippen LogP contribution in [0.25, 0.3) is 0 Å². The molecule has 0 bridgehead atoms. The van der Waals surface area contributed by atoms with Crippen LogP contribution in [0.5, 0.6) is 11.5 Å². The summed E-state index contributed by atoms with van der Waals surface area (Å²) in [4.78, 5) is 14.4. The number of nitrogens with one attached hydrogen (secondary N) is 1. The molecule has 0 amide bonds. The standard InChI is InChI=1S/C18H20F2N2O4S/c1-9-14(16(23)25-3)15(21-18(27)22(9)11-5-6-11)10-4-7-12(26-17(19)20)13(8-10)24-2/h4,7-8,11,15,17H,5-6H2,1-3H3,(H,21,27). The Morgan fingerprint density at radius 1 is 1.30 bits per heavy atom. The minimum Gasteiger partial charge on any atom is -0.493 e. The van der Waals surface area contributed by atoms with Gasteiger partial charge in [0.05, 0.1) is 25.8 Å². The van der Waals surface area contributed by atoms with Crippen LogP contribution in [-0.2, 0) is 9.53 Å². The van der Waals surface area contributed by atoms with E-state index in [0.29, 0.717) is 16.2 Å². The summed E-state index contributed by atoms with van der Waals surface area (Å²) >= 11 is 5.49. The van der Waals surface area contributed by atoms with E-state index in [4.69, 9.17) is 21.7 Å². The molecule has 9 heteroatoms. The first-order valence-corrected chi connectivity index (χ1v) is 8.79. The monoisotopic (exact) mass is 398 g/mol. The van der Waals surface area contributed by atoms with Gasteiger partial charge in [-0.2, -0.15) is 8.78 Å². The molecule has 27 heavy (non-hydrogen) atoms. The fourth-order valence-corrected chi connectivity index (χ4v) is 3.62. The maximum atomic E-state index is 12.6. The highest BCUT2D eigenvalue weighted by Gasteiger charge is 2.40. The van der Waals surface area contributed by atoms with E-state index in [-0.39, 0.29) is 17.5 Å². The van der Waals surface area contributed by atoms with Crippen molar-refractivity contribution in [3.8, 4) is 11.5 Å². The maximum Gasteiger partial charge on any atom is 0.387 e. The number of esters is 1. The van der Waals surface area contributed by atoms with Crippen LogP contribution in [0.15, 0.2) is 29.5 Å². The molecule has 3 rings (SSSR count). The van der Waals surface area contributed by atoms with Crippen LogP contribution in [0.4, 0.5) is 8.78 Å². The van der Waals surface area contributed by atoms with Crippen LogP contribution in [0.2, 0.25) is 0 Å². The molecule has 0 radical (unpaired) electrons. The third-order valence-corrected chi connectivity index (χ3v) is 4.90. The van der Waals surface area contributed by atoms with Gasteiger partial charge in [0.1, 0.15) is 0 Å². The molecule has 0 saturated heterocycles. The van der Waals surface area contributed by atoms with Crippen molar-refractivity contribution in [1.29, 1.82) is 0 Å². The number of ether oxygens (including phenoxy) is 3. The van der Waals surface area contributed by atoms with Crippen LogP contribution in [0, 0.1) is 0 Å². The Hall–Kier alpha value is -2.42. The molecule has 1 aliphatic heterocycles. The molecule has 1 unspecified atom stereocenters. The number of benzene rings is 1. The van der Waals surface area contributed by atoms with Gasteiger partial charge in [0.15, 0.2) is 16.6 Å². The second-order valence-corrected chi connectivity index (χ2v) is 6.65. The molecule has 0 aromatic heterocycles. The van der Waals surface area contributed by atoms with Crippen molar-refractivity contribution in [2.75, 3.05) is 14.2 Å². The fraction of sp³-hybridized carbons (Fsp3) is 0.444. The number of carbonyl (C=O) groups is 1. The van der Waals surface area contributed by atoms with Crippen LogP contribution < -0.4 is 14.8 Å². The smallest absolute Gasteiger partial charge is 0.387 e. The lowest BCUT2D eigenvalue weighted by atomic mass is 9.94. The number of hydrogen-bond donors (Lipinski definition) is 1. The molecule has 1 aliphatic carbocycles. The molecule has 1 heterocycles. The molecule has 6 nitrogen and oxygen atoms in total. The van der Waals surface area contributed by atoms with E-state index in [0.717, 1.165) is 18.5 Å². The van der Waals surface area contributed by atoms with Crippen molar-refractivity contribution < 1.29 is 27.8 Å². The Morgan fingerprint density at radius 2 is 2.00 bits per heavy atom. The maximum absolute atomic E-state index is 12.6. The van der Waals surface area contributed by atoms with Gasteiger partial charge >= 0.3 is 12.6 Å². The summed E-state index contributed by atoms with van der Waals surface area (Å²) in [6.45, 7) is -1.14. The highest BCUT2D eigenvalue weighted by molar-refractivity contribution is 7.80. The van der Waals surface area contributed by atoms with Crippen LogP contribution in [0.3, 0.4) is 0 Å². The van der Waals surface area contributed by atoms with Gasteiger partial charge < -0.3 is 24.4 Å². The number of carbonyl (C=O) groups excluding carboxylic acids is 1. The number of allylic oxidation sites excluding steroid dienone is 1. The molecule has 1 atom stereocenters. The van der Waals surface area contributed by atoms with E-state index in [2.05, 4.69) is 10.1 Å². The number of rotatable bonds is 6. The Balaban J connectivity index is 2.03. The van der Waals surface area contributed by atoms with Crippen molar-refractivity contribution in [3.63, 3.8) is 0 Å². The summed E-state index contributed by atoms with van der Waals surface area (Å²) < 4.78 is 39.7. The third kappa shape index (κ3) is 3.83. The molecule has 1 fully saturated rings. The molecular weight excluding hydrogens is 378 g/mol. The van der Waals surface area contributed by atoms with E-state index < -0.39 is 18.6 Å². The van der Waals surface area contributed by atoms with Gasteiger partial charge in [-0.3, -0.25) is 0 Å². The fourth-order valence-electron chi connectivity index (χ4n) is 3.21.